The Balaban J connectivity index is 1.99. The number of nitrogens with two attached hydrogens (primary N) is 1. The molecule has 1 atom stereocenters. The number of hydrazine groups is 1. The topological polar surface area (TPSA) is 69.0 Å². The molecule has 1 aromatic carbocycles. The third kappa shape index (κ3) is 2.44. The molecular weight excluding hydrogens is 288 g/mol. The van der Waals surface area contributed by atoms with E-state index in [-0.39, 0.29) is 6.04 Å². The number of para-hydroxylation sites is 1. The summed E-state index contributed by atoms with van der Waals surface area (Å²) in [6.45, 7) is 1.95. The van der Waals surface area contributed by atoms with Crippen LogP contribution in [0.15, 0.2) is 34.9 Å². The smallest absolute Gasteiger partial charge is 0.134 e. The van der Waals surface area contributed by atoms with Crippen LogP contribution < -0.4 is 11.3 Å². The lowest BCUT2D eigenvalue weighted by Crippen LogP contribution is -2.29. The number of halogens is 1. The van der Waals surface area contributed by atoms with Gasteiger partial charge in [0.15, 0.2) is 0 Å². The Labute approximate surface area is 127 Å². The van der Waals surface area contributed by atoms with Crippen molar-refractivity contribution in [1.29, 1.82) is 0 Å². The van der Waals surface area contributed by atoms with Crippen molar-refractivity contribution in [2.24, 2.45) is 12.9 Å². The highest BCUT2D eigenvalue weighted by Crippen LogP contribution is 2.30. The standard InChI is InChI=1S/C15H17ClN4O/c1-9-11(15(16)20(2)19-9)7-13(18-17)12-8-21-14-6-4-3-5-10(12)14/h3-6,8,13,18H,7,17H2,1-2H3. The summed E-state index contributed by atoms with van der Waals surface area (Å²) in [5.41, 5.74) is 6.63. The summed E-state index contributed by atoms with van der Waals surface area (Å²) in [5, 5.41) is 6.03. The third-order valence-corrected chi connectivity index (χ3v) is 4.24. The molecule has 3 N–H and O–H groups in total. The van der Waals surface area contributed by atoms with Crippen molar-refractivity contribution in [1.82, 2.24) is 15.2 Å². The average molecular weight is 305 g/mol. The summed E-state index contributed by atoms with van der Waals surface area (Å²) >= 11 is 6.30. The molecule has 0 saturated heterocycles. The van der Waals surface area contributed by atoms with Gasteiger partial charge < -0.3 is 4.42 Å². The van der Waals surface area contributed by atoms with Gasteiger partial charge in [-0.15, -0.1) is 0 Å². The molecule has 0 aliphatic rings. The van der Waals surface area contributed by atoms with E-state index in [4.69, 9.17) is 21.9 Å². The van der Waals surface area contributed by atoms with Gasteiger partial charge in [0.05, 0.1) is 18.0 Å². The second kappa shape index (κ2) is 5.52. The molecule has 3 rings (SSSR count). The maximum absolute atomic E-state index is 6.30. The molecule has 2 aromatic heterocycles. The van der Waals surface area contributed by atoms with Crippen molar-refractivity contribution in [2.45, 2.75) is 19.4 Å². The number of aryl methyl sites for hydroxylation is 2. The van der Waals surface area contributed by atoms with Gasteiger partial charge in [-0.25, -0.2) is 0 Å². The molecule has 0 fully saturated rings. The monoisotopic (exact) mass is 304 g/mol. The van der Waals surface area contributed by atoms with E-state index < -0.39 is 0 Å². The molecule has 2 heterocycles. The van der Waals surface area contributed by atoms with Gasteiger partial charge in [-0.2, -0.15) is 5.10 Å². The maximum Gasteiger partial charge on any atom is 0.134 e. The molecule has 0 aliphatic heterocycles. The molecule has 6 heteroatoms. The second-order valence-electron chi connectivity index (χ2n) is 5.09. The molecule has 5 nitrogen and oxygen atoms in total. The maximum atomic E-state index is 6.30. The van der Waals surface area contributed by atoms with Crippen LogP contribution in [0.2, 0.25) is 5.15 Å². The zero-order chi connectivity index (χ0) is 15.0. The summed E-state index contributed by atoms with van der Waals surface area (Å²) in [5.74, 6) is 5.75. The first-order valence-electron chi connectivity index (χ1n) is 6.72. The number of hydrogen-bond donors (Lipinski definition) is 2. The number of rotatable bonds is 4. The Kier molecular flexibility index (Phi) is 3.71. The van der Waals surface area contributed by atoms with Crippen LogP contribution in [-0.4, -0.2) is 9.78 Å². The SMILES string of the molecule is Cc1nn(C)c(Cl)c1CC(NN)c1coc2ccccc12. The molecule has 0 saturated carbocycles. The molecule has 21 heavy (non-hydrogen) atoms. The fraction of sp³-hybridized carbons (Fsp3) is 0.267. The lowest BCUT2D eigenvalue weighted by molar-refractivity contribution is 0.536. The fourth-order valence-electron chi connectivity index (χ4n) is 2.64. The Bertz CT molecular complexity index is 777. The molecule has 0 bridgehead atoms. The Morgan fingerprint density at radius 2 is 2.19 bits per heavy atom. The molecule has 0 radical (unpaired) electrons. The highest BCUT2D eigenvalue weighted by molar-refractivity contribution is 6.30. The normalized spacial score (nSPS) is 13.0. The highest BCUT2D eigenvalue weighted by atomic mass is 35.5. The van der Waals surface area contributed by atoms with Crippen molar-refractivity contribution in [2.75, 3.05) is 0 Å². The molecule has 0 amide bonds. The first-order chi connectivity index (χ1) is 10.1. The molecule has 0 aliphatic carbocycles. The minimum Gasteiger partial charge on any atom is -0.464 e. The predicted octanol–water partition coefficient (Wildman–Crippen LogP) is 2.88. The van der Waals surface area contributed by atoms with Crippen molar-refractivity contribution in [3.8, 4) is 0 Å². The van der Waals surface area contributed by atoms with E-state index in [0.717, 1.165) is 27.8 Å². The number of benzene rings is 1. The molecule has 110 valence electrons. The van der Waals surface area contributed by atoms with Gasteiger partial charge in [0.2, 0.25) is 0 Å². The van der Waals surface area contributed by atoms with Gasteiger partial charge in [-0.1, -0.05) is 29.8 Å². The zero-order valence-corrected chi connectivity index (χ0v) is 12.7. The minimum absolute atomic E-state index is 0.0888. The Morgan fingerprint density at radius 1 is 1.43 bits per heavy atom. The summed E-state index contributed by atoms with van der Waals surface area (Å²) in [7, 11) is 1.83. The molecule has 1 unspecified atom stereocenters. The van der Waals surface area contributed by atoms with Crippen molar-refractivity contribution >= 4 is 22.6 Å². The van der Waals surface area contributed by atoms with E-state index in [0.29, 0.717) is 11.6 Å². The number of hydrogen-bond acceptors (Lipinski definition) is 4. The van der Waals surface area contributed by atoms with Crippen LogP contribution in [0.1, 0.15) is 22.9 Å². The Hall–Kier alpha value is -1.82. The van der Waals surface area contributed by atoms with E-state index in [1.54, 1.807) is 10.9 Å². The number of fused-ring (bicyclic) bond motifs is 1. The zero-order valence-electron chi connectivity index (χ0n) is 11.9. The molecular formula is C15H17ClN4O. The highest BCUT2D eigenvalue weighted by Gasteiger charge is 2.20. The first kappa shape index (κ1) is 14.1. The Morgan fingerprint density at radius 3 is 2.86 bits per heavy atom. The number of aromatic nitrogens is 2. The van der Waals surface area contributed by atoms with Crippen molar-refractivity contribution in [3.05, 3.63) is 52.5 Å². The van der Waals surface area contributed by atoms with Crippen LogP contribution in [0.4, 0.5) is 0 Å². The van der Waals surface area contributed by atoms with Crippen LogP contribution in [0.3, 0.4) is 0 Å². The predicted molar refractivity (Wildman–Crippen MR) is 82.9 cm³/mol. The van der Waals surface area contributed by atoms with Gasteiger partial charge in [0.1, 0.15) is 10.7 Å². The van der Waals surface area contributed by atoms with Gasteiger partial charge in [-0.05, 0) is 19.4 Å². The number of nitrogens with zero attached hydrogens (tertiary/aromatic N) is 2. The fourth-order valence-corrected chi connectivity index (χ4v) is 2.89. The van der Waals surface area contributed by atoms with Crippen molar-refractivity contribution in [3.63, 3.8) is 0 Å². The van der Waals surface area contributed by atoms with Gasteiger partial charge in [0, 0.05) is 23.6 Å². The van der Waals surface area contributed by atoms with E-state index in [2.05, 4.69) is 10.5 Å². The van der Waals surface area contributed by atoms with E-state index in [1.807, 2.05) is 38.2 Å². The van der Waals surface area contributed by atoms with Crippen LogP contribution >= 0.6 is 11.6 Å². The van der Waals surface area contributed by atoms with E-state index >= 15 is 0 Å². The van der Waals surface area contributed by atoms with Gasteiger partial charge >= 0.3 is 0 Å². The van der Waals surface area contributed by atoms with Crippen LogP contribution in [-0.2, 0) is 13.5 Å². The van der Waals surface area contributed by atoms with Crippen LogP contribution in [0, 0.1) is 6.92 Å². The van der Waals surface area contributed by atoms with Crippen molar-refractivity contribution < 1.29 is 4.42 Å². The van der Waals surface area contributed by atoms with E-state index in [9.17, 15) is 0 Å². The molecule has 0 spiro atoms. The van der Waals surface area contributed by atoms with Gasteiger partial charge in [0.25, 0.3) is 0 Å². The largest absolute Gasteiger partial charge is 0.464 e. The third-order valence-electron chi connectivity index (χ3n) is 3.77. The summed E-state index contributed by atoms with van der Waals surface area (Å²) in [6, 6.07) is 7.80. The summed E-state index contributed by atoms with van der Waals surface area (Å²) in [6.07, 6.45) is 2.40. The number of nitrogens with one attached hydrogen (secondary N) is 1. The summed E-state index contributed by atoms with van der Waals surface area (Å²) < 4.78 is 7.26. The van der Waals surface area contributed by atoms with E-state index in [1.165, 1.54) is 0 Å². The number of furan rings is 1. The summed E-state index contributed by atoms with van der Waals surface area (Å²) in [4.78, 5) is 0. The van der Waals surface area contributed by atoms with Crippen LogP contribution in [0.5, 0.6) is 0 Å². The molecule has 3 aromatic rings. The second-order valence-corrected chi connectivity index (χ2v) is 5.45. The van der Waals surface area contributed by atoms with Crippen LogP contribution in [0.25, 0.3) is 11.0 Å². The van der Waals surface area contributed by atoms with Gasteiger partial charge in [-0.3, -0.25) is 16.0 Å². The minimum atomic E-state index is -0.0888. The first-order valence-corrected chi connectivity index (χ1v) is 7.10. The lowest BCUT2D eigenvalue weighted by atomic mass is 9.99. The lowest BCUT2D eigenvalue weighted by Gasteiger charge is -2.14. The quantitative estimate of drug-likeness (QED) is 0.574. The average Bonchev–Trinajstić information content (AvgIpc) is 3.00.